The quantitative estimate of drug-likeness (QED) is 0.763. The van der Waals surface area contributed by atoms with Crippen molar-refractivity contribution >= 4 is 6.09 Å². The molecule has 0 aromatic rings. The topological polar surface area (TPSA) is 43.8 Å². The van der Waals surface area contributed by atoms with Crippen LogP contribution in [-0.4, -0.2) is 52.2 Å². The van der Waals surface area contributed by atoms with Crippen molar-refractivity contribution in [1.29, 1.82) is 0 Å². The summed E-state index contributed by atoms with van der Waals surface area (Å²) in [7, 11) is 0. The molecule has 0 aliphatic carbocycles. The number of rotatable bonds is 2. The maximum absolute atomic E-state index is 11.2. The molecule has 1 atom stereocenters. The van der Waals surface area contributed by atoms with Crippen LogP contribution >= 0.6 is 0 Å². The van der Waals surface area contributed by atoms with Gasteiger partial charge < -0.3 is 10.0 Å². The first-order valence-corrected chi connectivity index (χ1v) is 5.61. The molecule has 1 amide bonds. The number of nitrogens with zero attached hydrogens (tertiary/aromatic N) is 2. The Balaban J connectivity index is 2.71. The van der Waals surface area contributed by atoms with Gasteiger partial charge in [0.05, 0.1) is 0 Å². The number of carbonyl (C=O) groups is 1. The molecule has 0 radical (unpaired) electrons. The Bertz CT molecular complexity index is 235. The van der Waals surface area contributed by atoms with Gasteiger partial charge in [-0.15, -0.1) is 0 Å². The van der Waals surface area contributed by atoms with Gasteiger partial charge in [-0.2, -0.15) is 0 Å². The Morgan fingerprint density at radius 3 is 2.47 bits per heavy atom. The van der Waals surface area contributed by atoms with Gasteiger partial charge in [0.15, 0.2) is 0 Å². The van der Waals surface area contributed by atoms with Crippen LogP contribution in [0.15, 0.2) is 0 Å². The molecule has 0 aromatic carbocycles. The summed E-state index contributed by atoms with van der Waals surface area (Å²) in [5.41, 5.74) is -0.305. The molecule has 15 heavy (non-hydrogen) atoms. The molecule has 1 rings (SSSR count). The van der Waals surface area contributed by atoms with Crippen LogP contribution in [0.2, 0.25) is 0 Å². The minimum Gasteiger partial charge on any atom is -0.465 e. The number of hydrogen-bond donors (Lipinski definition) is 1. The number of amides is 1. The van der Waals surface area contributed by atoms with E-state index in [2.05, 4.69) is 11.8 Å². The van der Waals surface area contributed by atoms with Gasteiger partial charge in [-0.3, -0.25) is 4.90 Å². The number of likely N-dealkylation sites (N-methyl/N-ethyl adjacent to an activating group) is 1. The smallest absolute Gasteiger partial charge is 0.408 e. The average molecular weight is 214 g/mol. The van der Waals surface area contributed by atoms with Crippen molar-refractivity contribution in [3.8, 4) is 0 Å². The zero-order valence-corrected chi connectivity index (χ0v) is 10.2. The molecule has 88 valence electrons. The third-order valence-corrected chi connectivity index (χ3v) is 2.99. The van der Waals surface area contributed by atoms with Gasteiger partial charge in [-0.1, -0.05) is 6.92 Å². The molecule has 1 heterocycles. The lowest BCUT2D eigenvalue weighted by Crippen LogP contribution is -2.52. The van der Waals surface area contributed by atoms with E-state index in [1.165, 1.54) is 0 Å². The van der Waals surface area contributed by atoms with Crippen molar-refractivity contribution in [2.75, 3.05) is 19.6 Å². The fourth-order valence-corrected chi connectivity index (χ4v) is 2.30. The van der Waals surface area contributed by atoms with E-state index in [9.17, 15) is 9.90 Å². The van der Waals surface area contributed by atoms with Crippen LogP contribution < -0.4 is 0 Å². The SMILES string of the molecule is CCN1CCC(N(C(=O)O)C(C)(C)C)C1. The molecule has 1 aliphatic rings. The summed E-state index contributed by atoms with van der Waals surface area (Å²) in [4.78, 5) is 15.1. The van der Waals surface area contributed by atoms with E-state index in [0.717, 1.165) is 26.1 Å². The van der Waals surface area contributed by atoms with Gasteiger partial charge in [-0.05, 0) is 33.7 Å². The monoisotopic (exact) mass is 214 g/mol. The van der Waals surface area contributed by atoms with Gasteiger partial charge in [0.2, 0.25) is 0 Å². The van der Waals surface area contributed by atoms with E-state index in [1.807, 2.05) is 20.8 Å². The van der Waals surface area contributed by atoms with Gasteiger partial charge in [0.25, 0.3) is 0 Å². The second kappa shape index (κ2) is 4.39. The molecule has 4 nitrogen and oxygen atoms in total. The molecule has 1 N–H and O–H groups in total. The van der Waals surface area contributed by atoms with Crippen LogP contribution in [0.5, 0.6) is 0 Å². The van der Waals surface area contributed by atoms with E-state index in [4.69, 9.17) is 0 Å². The lowest BCUT2D eigenvalue weighted by Gasteiger charge is -2.38. The standard InChI is InChI=1S/C11H22N2O2/c1-5-12-7-6-9(8-12)13(10(14)15)11(2,3)4/h9H,5-8H2,1-4H3,(H,14,15). The van der Waals surface area contributed by atoms with Crippen LogP contribution in [-0.2, 0) is 0 Å². The predicted molar refractivity (Wildman–Crippen MR) is 60.1 cm³/mol. The first-order chi connectivity index (χ1) is 6.86. The van der Waals surface area contributed by atoms with Crippen molar-refractivity contribution in [3.63, 3.8) is 0 Å². The molecular weight excluding hydrogens is 192 g/mol. The Morgan fingerprint density at radius 1 is 1.53 bits per heavy atom. The van der Waals surface area contributed by atoms with Crippen molar-refractivity contribution in [2.24, 2.45) is 0 Å². The average Bonchev–Trinajstić information content (AvgIpc) is 2.49. The van der Waals surface area contributed by atoms with Crippen molar-refractivity contribution in [1.82, 2.24) is 9.80 Å². The van der Waals surface area contributed by atoms with Crippen molar-refractivity contribution in [2.45, 2.75) is 45.7 Å². The molecule has 1 aliphatic heterocycles. The zero-order valence-electron chi connectivity index (χ0n) is 10.2. The van der Waals surface area contributed by atoms with E-state index >= 15 is 0 Å². The Hall–Kier alpha value is -0.770. The predicted octanol–water partition coefficient (Wildman–Crippen LogP) is 1.86. The van der Waals surface area contributed by atoms with Crippen molar-refractivity contribution in [3.05, 3.63) is 0 Å². The molecule has 0 aromatic heterocycles. The third kappa shape index (κ3) is 2.84. The van der Waals surface area contributed by atoms with Crippen LogP contribution in [0, 0.1) is 0 Å². The summed E-state index contributed by atoms with van der Waals surface area (Å²) < 4.78 is 0. The normalized spacial score (nSPS) is 23.1. The van der Waals surface area contributed by atoms with Crippen LogP contribution in [0.1, 0.15) is 34.1 Å². The van der Waals surface area contributed by atoms with Gasteiger partial charge in [0.1, 0.15) is 0 Å². The first-order valence-electron chi connectivity index (χ1n) is 5.61. The minimum absolute atomic E-state index is 0.155. The number of carboxylic acid groups (broad SMARTS) is 1. The summed E-state index contributed by atoms with van der Waals surface area (Å²) in [5, 5.41) is 9.24. The van der Waals surface area contributed by atoms with E-state index in [0.29, 0.717) is 0 Å². The Morgan fingerprint density at radius 2 is 2.13 bits per heavy atom. The number of likely N-dealkylation sites (tertiary alicyclic amines) is 1. The Kier molecular flexibility index (Phi) is 3.60. The van der Waals surface area contributed by atoms with E-state index in [-0.39, 0.29) is 11.6 Å². The van der Waals surface area contributed by atoms with Crippen LogP contribution in [0.3, 0.4) is 0 Å². The first kappa shape index (κ1) is 12.3. The van der Waals surface area contributed by atoms with Crippen LogP contribution in [0.4, 0.5) is 4.79 Å². The van der Waals surface area contributed by atoms with Gasteiger partial charge >= 0.3 is 6.09 Å². The lowest BCUT2D eigenvalue weighted by molar-refractivity contribution is 0.0723. The minimum atomic E-state index is -0.801. The molecule has 1 saturated heterocycles. The maximum atomic E-state index is 11.2. The molecule has 4 heteroatoms. The summed E-state index contributed by atoms with van der Waals surface area (Å²) in [6, 6.07) is 0.155. The largest absolute Gasteiger partial charge is 0.465 e. The fourth-order valence-electron chi connectivity index (χ4n) is 2.30. The summed E-state index contributed by atoms with van der Waals surface area (Å²) in [5.74, 6) is 0. The Labute approximate surface area is 91.9 Å². The molecule has 1 fully saturated rings. The molecule has 1 unspecified atom stereocenters. The highest BCUT2D eigenvalue weighted by atomic mass is 16.4. The maximum Gasteiger partial charge on any atom is 0.408 e. The molecule has 0 saturated carbocycles. The van der Waals surface area contributed by atoms with E-state index < -0.39 is 6.09 Å². The second-order valence-electron chi connectivity index (χ2n) is 5.16. The van der Waals surface area contributed by atoms with Crippen molar-refractivity contribution < 1.29 is 9.90 Å². The van der Waals surface area contributed by atoms with Gasteiger partial charge in [-0.25, -0.2) is 4.79 Å². The number of hydrogen-bond acceptors (Lipinski definition) is 2. The summed E-state index contributed by atoms with van der Waals surface area (Å²) in [6.45, 7) is 10.9. The molecular formula is C11H22N2O2. The van der Waals surface area contributed by atoms with Crippen LogP contribution in [0.25, 0.3) is 0 Å². The highest BCUT2D eigenvalue weighted by Gasteiger charge is 2.36. The highest BCUT2D eigenvalue weighted by Crippen LogP contribution is 2.23. The lowest BCUT2D eigenvalue weighted by atomic mass is 10.0. The fraction of sp³-hybridized carbons (Fsp3) is 0.909. The summed E-state index contributed by atoms with van der Waals surface area (Å²) in [6.07, 6.45) is 0.155. The summed E-state index contributed by atoms with van der Waals surface area (Å²) >= 11 is 0. The molecule has 0 bridgehead atoms. The highest BCUT2D eigenvalue weighted by molar-refractivity contribution is 5.66. The molecule has 0 spiro atoms. The van der Waals surface area contributed by atoms with Gasteiger partial charge in [0, 0.05) is 24.7 Å². The third-order valence-electron chi connectivity index (χ3n) is 2.99. The van der Waals surface area contributed by atoms with E-state index in [1.54, 1.807) is 4.90 Å². The second-order valence-corrected chi connectivity index (χ2v) is 5.16. The zero-order chi connectivity index (χ0) is 11.6.